The van der Waals surface area contributed by atoms with E-state index in [-0.39, 0.29) is 0 Å². The van der Waals surface area contributed by atoms with Crippen LogP contribution in [0.15, 0.2) is 30.3 Å². The number of rotatable bonds is 5. The fourth-order valence-corrected chi connectivity index (χ4v) is 2.16. The molecule has 1 aromatic carbocycles. The van der Waals surface area contributed by atoms with Crippen LogP contribution in [0, 0.1) is 11.3 Å². The monoisotopic (exact) mass is 264 g/mol. The lowest BCUT2D eigenvalue weighted by Gasteiger charge is -2.33. The average Bonchev–Trinajstić information content (AvgIpc) is 2.49. The van der Waals surface area contributed by atoms with E-state index in [1.807, 2.05) is 27.7 Å². The van der Waals surface area contributed by atoms with Crippen LogP contribution in [-0.2, 0) is 6.42 Å². The van der Waals surface area contributed by atoms with Crippen LogP contribution in [0.5, 0.6) is 0 Å². The van der Waals surface area contributed by atoms with Gasteiger partial charge in [0, 0.05) is 0 Å². The Morgan fingerprint density at radius 3 is 1.74 bits per heavy atom. The van der Waals surface area contributed by atoms with E-state index in [0.717, 1.165) is 5.92 Å². The molecule has 1 unspecified atom stereocenters. The molecular formula is C19H36. The van der Waals surface area contributed by atoms with Gasteiger partial charge in [-0.15, -0.1) is 0 Å². The third kappa shape index (κ3) is 8.08. The Labute approximate surface area is 122 Å². The first-order chi connectivity index (χ1) is 9.10. The zero-order chi connectivity index (χ0) is 15.3. The Kier molecular flexibility index (Phi) is 13.3. The van der Waals surface area contributed by atoms with Crippen molar-refractivity contribution in [2.24, 2.45) is 11.3 Å². The second kappa shape index (κ2) is 12.3. The Morgan fingerprint density at radius 1 is 0.895 bits per heavy atom. The van der Waals surface area contributed by atoms with Crippen LogP contribution in [0.25, 0.3) is 0 Å². The van der Waals surface area contributed by atoms with Gasteiger partial charge < -0.3 is 0 Å². The molecule has 0 radical (unpaired) electrons. The molecule has 112 valence electrons. The molecule has 0 nitrogen and oxygen atoms in total. The molecule has 0 aromatic heterocycles. The SMILES string of the molecule is CC.CC.CCC(Cc1ccccc1)C(C)(C)CC. The summed E-state index contributed by atoms with van der Waals surface area (Å²) in [6.07, 6.45) is 3.76. The minimum Gasteiger partial charge on any atom is -0.0683 e. The van der Waals surface area contributed by atoms with Crippen molar-refractivity contribution in [3.63, 3.8) is 0 Å². The fourth-order valence-electron chi connectivity index (χ4n) is 2.16. The van der Waals surface area contributed by atoms with Crippen LogP contribution < -0.4 is 0 Å². The van der Waals surface area contributed by atoms with Crippen molar-refractivity contribution in [3.8, 4) is 0 Å². The summed E-state index contributed by atoms with van der Waals surface area (Å²) in [7, 11) is 0. The van der Waals surface area contributed by atoms with E-state index < -0.39 is 0 Å². The first kappa shape index (κ1) is 20.5. The molecule has 19 heavy (non-hydrogen) atoms. The van der Waals surface area contributed by atoms with E-state index in [0.29, 0.717) is 5.41 Å². The molecule has 0 aliphatic rings. The van der Waals surface area contributed by atoms with Gasteiger partial charge in [-0.1, -0.05) is 98.6 Å². The van der Waals surface area contributed by atoms with E-state index in [1.54, 1.807) is 0 Å². The van der Waals surface area contributed by atoms with Crippen molar-refractivity contribution < 1.29 is 0 Å². The van der Waals surface area contributed by atoms with Gasteiger partial charge in [0.05, 0.1) is 0 Å². The zero-order valence-corrected chi connectivity index (χ0v) is 14.6. The summed E-state index contributed by atoms with van der Waals surface area (Å²) >= 11 is 0. The Bertz CT molecular complexity index is 271. The molecular weight excluding hydrogens is 228 g/mol. The molecule has 0 aliphatic carbocycles. The molecule has 0 saturated heterocycles. The van der Waals surface area contributed by atoms with E-state index >= 15 is 0 Å². The highest BCUT2D eigenvalue weighted by molar-refractivity contribution is 5.15. The fraction of sp³-hybridized carbons (Fsp3) is 0.684. The van der Waals surface area contributed by atoms with Crippen LogP contribution in [-0.4, -0.2) is 0 Å². The molecule has 1 aromatic rings. The summed E-state index contributed by atoms with van der Waals surface area (Å²) in [5, 5.41) is 0. The smallest absolute Gasteiger partial charge is 0.0245 e. The predicted molar refractivity (Wildman–Crippen MR) is 90.7 cm³/mol. The molecule has 0 spiro atoms. The van der Waals surface area contributed by atoms with Crippen molar-refractivity contribution in [2.45, 2.75) is 74.7 Å². The molecule has 1 atom stereocenters. The topological polar surface area (TPSA) is 0 Å². The Balaban J connectivity index is 0. The Hall–Kier alpha value is -0.780. The van der Waals surface area contributed by atoms with Gasteiger partial charge in [-0.2, -0.15) is 0 Å². The van der Waals surface area contributed by atoms with E-state index in [4.69, 9.17) is 0 Å². The van der Waals surface area contributed by atoms with Gasteiger partial charge in [0.15, 0.2) is 0 Å². The van der Waals surface area contributed by atoms with Crippen molar-refractivity contribution in [2.75, 3.05) is 0 Å². The van der Waals surface area contributed by atoms with E-state index in [2.05, 4.69) is 58.0 Å². The van der Waals surface area contributed by atoms with Gasteiger partial charge in [0.1, 0.15) is 0 Å². The van der Waals surface area contributed by atoms with Crippen LogP contribution in [0.3, 0.4) is 0 Å². The second-order valence-electron chi connectivity index (χ2n) is 5.14. The maximum absolute atomic E-state index is 2.39. The second-order valence-corrected chi connectivity index (χ2v) is 5.14. The first-order valence-corrected chi connectivity index (χ1v) is 8.14. The molecule has 0 N–H and O–H groups in total. The summed E-state index contributed by atoms with van der Waals surface area (Å²) in [5.74, 6) is 0.796. The van der Waals surface area contributed by atoms with E-state index in [9.17, 15) is 0 Å². The maximum atomic E-state index is 2.39. The van der Waals surface area contributed by atoms with Crippen LogP contribution in [0.1, 0.15) is 73.8 Å². The highest BCUT2D eigenvalue weighted by atomic mass is 14.3. The number of benzene rings is 1. The van der Waals surface area contributed by atoms with Crippen LogP contribution >= 0.6 is 0 Å². The number of hydrogen-bond acceptors (Lipinski definition) is 0. The minimum atomic E-state index is 0.463. The molecule has 0 heterocycles. The maximum Gasteiger partial charge on any atom is -0.0245 e. The van der Waals surface area contributed by atoms with Crippen molar-refractivity contribution in [3.05, 3.63) is 35.9 Å². The molecule has 0 bridgehead atoms. The molecule has 0 heteroatoms. The summed E-state index contributed by atoms with van der Waals surface area (Å²) in [4.78, 5) is 0. The summed E-state index contributed by atoms with van der Waals surface area (Å²) in [6.45, 7) is 17.4. The molecule has 0 aliphatic heterocycles. The van der Waals surface area contributed by atoms with Crippen LogP contribution in [0.2, 0.25) is 0 Å². The molecule has 0 saturated carbocycles. The summed E-state index contributed by atoms with van der Waals surface area (Å²) in [5.41, 5.74) is 1.94. The standard InChI is InChI=1S/C15H24.2C2H6/c1-5-14(15(3,4)6-2)12-13-10-8-7-9-11-13;2*1-2/h7-11,14H,5-6,12H2,1-4H3;2*1-2H3. The third-order valence-corrected chi connectivity index (χ3v) is 3.83. The zero-order valence-electron chi connectivity index (χ0n) is 14.6. The van der Waals surface area contributed by atoms with Crippen LogP contribution in [0.4, 0.5) is 0 Å². The third-order valence-electron chi connectivity index (χ3n) is 3.83. The van der Waals surface area contributed by atoms with Gasteiger partial charge in [-0.25, -0.2) is 0 Å². The molecule has 0 fully saturated rings. The van der Waals surface area contributed by atoms with E-state index in [1.165, 1.54) is 24.8 Å². The van der Waals surface area contributed by atoms with Crippen molar-refractivity contribution in [1.82, 2.24) is 0 Å². The van der Waals surface area contributed by atoms with Crippen molar-refractivity contribution >= 4 is 0 Å². The normalized spacial score (nSPS) is 11.6. The molecule has 0 amide bonds. The quantitative estimate of drug-likeness (QED) is 0.552. The highest BCUT2D eigenvalue weighted by Gasteiger charge is 2.25. The van der Waals surface area contributed by atoms with Gasteiger partial charge >= 0.3 is 0 Å². The Morgan fingerprint density at radius 2 is 1.37 bits per heavy atom. The molecule has 1 rings (SSSR count). The first-order valence-electron chi connectivity index (χ1n) is 8.14. The average molecular weight is 264 g/mol. The predicted octanol–water partition coefficient (Wildman–Crippen LogP) is 6.74. The lowest BCUT2D eigenvalue weighted by Crippen LogP contribution is -2.24. The van der Waals surface area contributed by atoms with Gasteiger partial charge in [-0.3, -0.25) is 0 Å². The summed E-state index contributed by atoms with van der Waals surface area (Å²) < 4.78 is 0. The summed E-state index contributed by atoms with van der Waals surface area (Å²) in [6, 6.07) is 10.9. The largest absolute Gasteiger partial charge is 0.0683 e. The van der Waals surface area contributed by atoms with Gasteiger partial charge in [-0.05, 0) is 23.3 Å². The highest BCUT2D eigenvalue weighted by Crippen LogP contribution is 2.35. The number of hydrogen-bond donors (Lipinski definition) is 0. The van der Waals surface area contributed by atoms with Gasteiger partial charge in [0.25, 0.3) is 0 Å². The lowest BCUT2D eigenvalue weighted by atomic mass is 9.72. The van der Waals surface area contributed by atoms with Crippen molar-refractivity contribution in [1.29, 1.82) is 0 Å². The minimum absolute atomic E-state index is 0.463. The van der Waals surface area contributed by atoms with Gasteiger partial charge in [0.2, 0.25) is 0 Å². The lowest BCUT2D eigenvalue weighted by molar-refractivity contribution is 0.196.